The third kappa shape index (κ3) is 2.09. The summed E-state index contributed by atoms with van der Waals surface area (Å²) in [5.41, 5.74) is -1.23. The van der Waals surface area contributed by atoms with Crippen LogP contribution in [0.4, 0.5) is 0 Å². The molecule has 1 saturated heterocycles. The highest BCUT2D eigenvalue weighted by Crippen LogP contribution is 2.48. The van der Waals surface area contributed by atoms with Crippen molar-refractivity contribution in [3.8, 4) is 0 Å². The number of nitrogens with zero attached hydrogens (tertiary/aromatic N) is 1. The molecule has 2 unspecified atom stereocenters. The molecule has 2 amide bonds. The number of piperazine rings is 1. The monoisotopic (exact) mass is 292 g/mol. The van der Waals surface area contributed by atoms with Crippen LogP contribution in [0.3, 0.4) is 0 Å². The minimum Gasteiger partial charge on any atom is -0.340 e. The maximum absolute atomic E-state index is 13.3. The minimum absolute atomic E-state index is 0.0896. The van der Waals surface area contributed by atoms with Gasteiger partial charge in [-0.15, -0.1) is 0 Å². The highest BCUT2D eigenvalue weighted by Gasteiger charge is 2.62. The molecule has 3 aliphatic rings. The molecule has 1 heterocycles. The predicted octanol–water partition coefficient (Wildman–Crippen LogP) is 2.61. The Morgan fingerprint density at radius 2 is 1.86 bits per heavy atom. The lowest BCUT2D eigenvalue weighted by atomic mass is 9.74. The molecule has 2 aliphatic carbocycles. The van der Waals surface area contributed by atoms with E-state index >= 15 is 0 Å². The van der Waals surface area contributed by atoms with Crippen LogP contribution in [0.5, 0.6) is 0 Å². The number of hydrogen-bond acceptors (Lipinski definition) is 2. The second-order valence-electron chi connectivity index (χ2n) is 7.45. The minimum atomic E-state index is -0.630. The van der Waals surface area contributed by atoms with Crippen molar-refractivity contribution in [3.63, 3.8) is 0 Å². The van der Waals surface area contributed by atoms with Crippen molar-refractivity contribution in [2.45, 2.75) is 89.3 Å². The van der Waals surface area contributed by atoms with Crippen LogP contribution >= 0.6 is 0 Å². The van der Waals surface area contributed by atoms with Crippen LogP contribution in [0.1, 0.15) is 72.1 Å². The Bertz CT molecular complexity index is 452. The van der Waals surface area contributed by atoms with Crippen LogP contribution < -0.4 is 5.32 Å². The van der Waals surface area contributed by atoms with Crippen molar-refractivity contribution < 1.29 is 9.59 Å². The van der Waals surface area contributed by atoms with Crippen LogP contribution in [-0.2, 0) is 9.59 Å². The Hall–Kier alpha value is -1.06. The molecule has 4 nitrogen and oxygen atoms in total. The third-order valence-electron chi connectivity index (χ3n) is 6.05. The van der Waals surface area contributed by atoms with Gasteiger partial charge in [-0.1, -0.05) is 26.2 Å². The fourth-order valence-electron chi connectivity index (χ4n) is 4.31. The van der Waals surface area contributed by atoms with Crippen molar-refractivity contribution in [2.24, 2.45) is 5.92 Å². The number of carbonyl (C=O) groups is 2. The van der Waals surface area contributed by atoms with Gasteiger partial charge in [-0.05, 0) is 51.9 Å². The van der Waals surface area contributed by atoms with Crippen molar-refractivity contribution in [2.75, 3.05) is 0 Å². The summed E-state index contributed by atoms with van der Waals surface area (Å²) in [7, 11) is 0. The maximum Gasteiger partial charge on any atom is 0.249 e. The standard InChI is InChI=1S/C17H28N2O2/c1-4-12(2)19-15(21)17(10-6-5-7-11-17)18-14(20)16(19,3)13-8-9-13/h12-13H,4-11H2,1-3H3,(H,18,20). The Labute approximate surface area is 127 Å². The van der Waals surface area contributed by atoms with Gasteiger partial charge in [0.15, 0.2) is 0 Å². The van der Waals surface area contributed by atoms with E-state index in [1.165, 1.54) is 6.42 Å². The first-order valence-corrected chi connectivity index (χ1v) is 8.62. The first kappa shape index (κ1) is 14.9. The highest BCUT2D eigenvalue weighted by atomic mass is 16.2. The maximum atomic E-state index is 13.3. The second-order valence-corrected chi connectivity index (χ2v) is 7.45. The normalized spacial score (nSPS) is 34.0. The predicted molar refractivity (Wildman–Crippen MR) is 81.7 cm³/mol. The van der Waals surface area contributed by atoms with Crippen LogP contribution in [-0.4, -0.2) is 33.8 Å². The number of amides is 2. The SMILES string of the molecule is CCC(C)N1C(=O)C2(CCCCC2)NC(=O)C1(C)C1CC1. The smallest absolute Gasteiger partial charge is 0.249 e. The van der Waals surface area contributed by atoms with E-state index in [-0.39, 0.29) is 17.9 Å². The molecule has 1 aliphatic heterocycles. The van der Waals surface area contributed by atoms with E-state index in [9.17, 15) is 9.59 Å². The van der Waals surface area contributed by atoms with Crippen molar-refractivity contribution in [1.29, 1.82) is 0 Å². The Balaban J connectivity index is 1.99. The topological polar surface area (TPSA) is 49.4 Å². The summed E-state index contributed by atoms with van der Waals surface area (Å²) >= 11 is 0. The van der Waals surface area contributed by atoms with Crippen LogP contribution in [0, 0.1) is 5.92 Å². The Kier molecular flexibility index (Phi) is 3.53. The van der Waals surface area contributed by atoms with Gasteiger partial charge in [0, 0.05) is 6.04 Å². The van der Waals surface area contributed by atoms with Crippen LogP contribution in [0.25, 0.3) is 0 Å². The molecular formula is C17H28N2O2. The van der Waals surface area contributed by atoms with Crippen LogP contribution in [0.15, 0.2) is 0 Å². The molecule has 2 saturated carbocycles. The average molecular weight is 292 g/mol. The van der Waals surface area contributed by atoms with Gasteiger partial charge in [-0.3, -0.25) is 9.59 Å². The van der Waals surface area contributed by atoms with E-state index in [2.05, 4.69) is 19.2 Å². The molecule has 4 heteroatoms. The Morgan fingerprint density at radius 1 is 1.24 bits per heavy atom. The first-order chi connectivity index (χ1) is 9.95. The summed E-state index contributed by atoms with van der Waals surface area (Å²) in [6.07, 6.45) is 7.91. The molecule has 0 radical (unpaired) electrons. The molecule has 118 valence electrons. The van der Waals surface area contributed by atoms with Crippen molar-refractivity contribution >= 4 is 11.8 Å². The molecule has 3 rings (SSSR count). The summed E-state index contributed by atoms with van der Waals surface area (Å²) < 4.78 is 0. The van der Waals surface area contributed by atoms with Gasteiger partial charge in [-0.25, -0.2) is 0 Å². The number of rotatable bonds is 3. The zero-order chi connectivity index (χ0) is 15.3. The van der Waals surface area contributed by atoms with Crippen molar-refractivity contribution in [3.05, 3.63) is 0 Å². The first-order valence-electron chi connectivity index (χ1n) is 8.62. The summed E-state index contributed by atoms with van der Waals surface area (Å²) in [6, 6.07) is 0.132. The molecule has 1 spiro atoms. The molecule has 0 aromatic rings. The lowest BCUT2D eigenvalue weighted by Gasteiger charge is -2.54. The molecular weight excluding hydrogens is 264 g/mol. The van der Waals surface area contributed by atoms with Gasteiger partial charge >= 0.3 is 0 Å². The van der Waals surface area contributed by atoms with E-state index in [4.69, 9.17) is 0 Å². The zero-order valence-corrected chi connectivity index (χ0v) is 13.6. The van der Waals surface area contributed by atoms with Crippen LogP contribution in [0.2, 0.25) is 0 Å². The number of carbonyl (C=O) groups excluding carboxylic acids is 2. The zero-order valence-electron chi connectivity index (χ0n) is 13.6. The van der Waals surface area contributed by atoms with E-state index in [1.807, 2.05) is 11.8 Å². The van der Waals surface area contributed by atoms with E-state index < -0.39 is 11.1 Å². The van der Waals surface area contributed by atoms with E-state index in [0.717, 1.165) is 44.9 Å². The van der Waals surface area contributed by atoms with E-state index in [0.29, 0.717) is 5.92 Å². The summed E-state index contributed by atoms with van der Waals surface area (Å²) in [6.45, 7) is 6.18. The summed E-state index contributed by atoms with van der Waals surface area (Å²) in [5, 5.41) is 3.17. The van der Waals surface area contributed by atoms with Gasteiger partial charge in [-0.2, -0.15) is 0 Å². The average Bonchev–Trinajstić information content (AvgIpc) is 3.31. The Morgan fingerprint density at radius 3 is 2.38 bits per heavy atom. The van der Waals surface area contributed by atoms with Gasteiger partial charge in [0.05, 0.1) is 0 Å². The third-order valence-corrected chi connectivity index (χ3v) is 6.05. The van der Waals surface area contributed by atoms with Gasteiger partial charge in [0.1, 0.15) is 11.1 Å². The fraction of sp³-hybridized carbons (Fsp3) is 0.882. The molecule has 0 aromatic carbocycles. The fourth-order valence-corrected chi connectivity index (χ4v) is 4.31. The lowest BCUT2D eigenvalue weighted by molar-refractivity contribution is -0.169. The van der Waals surface area contributed by atoms with Gasteiger partial charge in [0.25, 0.3) is 0 Å². The largest absolute Gasteiger partial charge is 0.340 e. The number of hydrogen-bond donors (Lipinski definition) is 1. The highest BCUT2D eigenvalue weighted by molar-refractivity contribution is 6.02. The number of nitrogens with one attached hydrogen (secondary N) is 1. The second kappa shape index (κ2) is 4.99. The quantitative estimate of drug-likeness (QED) is 0.869. The summed E-state index contributed by atoms with van der Waals surface area (Å²) in [5.74, 6) is 0.619. The molecule has 0 aromatic heterocycles. The molecule has 0 bridgehead atoms. The van der Waals surface area contributed by atoms with Crippen molar-refractivity contribution in [1.82, 2.24) is 10.2 Å². The lowest BCUT2D eigenvalue weighted by Crippen LogP contribution is -2.77. The van der Waals surface area contributed by atoms with E-state index in [1.54, 1.807) is 0 Å². The molecule has 3 fully saturated rings. The van der Waals surface area contributed by atoms with Gasteiger partial charge < -0.3 is 10.2 Å². The molecule has 1 N–H and O–H groups in total. The molecule has 2 atom stereocenters. The summed E-state index contributed by atoms with van der Waals surface area (Å²) in [4.78, 5) is 28.2. The van der Waals surface area contributed by atoms with Gasteiger partial charge in [0.2, 0.25) is 11.8 Å². The molecule has 21 heavy (non-hydrogen) atoms.